The van der Waals surface area contributed by atoms with Crippen LogP contribution in [0.5, 0.6) is 0 Å². The van der Waals surface area contributed by atoms with Crippen molar-refractivity contribution in [3.8, 4) is 0 Å². The van der Waals surface area contributed by atoms with Crippen LogP contribution in [-0.2, 0) is 25.5 Å². The molecule has 0 heterocycles. The predicted molar refractivity (Wildman–Crippen MR) is 70.4 cm³/mol. The number of nitrogen functional groups attached to an aromatic ring is 1. The molecule has 0 saturated carbocycles. The number of carbonyl (C=O) groups is 2. The maximum atomic E-state index is 11.5. The molecular formula is C13H18N2O4. The third kappa shape index (κ3) is 5.87. The van der Waals surface area contributed by atoms with Crippen LogP contribution in [0.1, 0.15) is 5.56 Å². The van der Waals surface area contributed by atoms with Crippen LogP contribution in [0.15, 0.2) is 24.3 Å². The fourth-order valence-corrected chi connectivity index (χ4v) is 1.39. The van der Waals surface area contributed by atoms with E-state index < -0.39 is 5.97 Å². The van der Waals surface area contributed by atoms with E-state index >= 15 is 0 Å². The highest BCUT2D eigenvalue weighted by Crippen LogP contribution is 2.11. The first-order valence-electron chi connectivity index (χ1n) is 5.88. The standard InChI is InChI=1S/C13H18N2O4/c1-18-7-6-15-12(16)9-19-13(17)8-10-4-2-3-5-11(10)14/h2-5H,6-9,14H2,1H3,(H,15,16). The van der Waals surface area contributed by atoms with E-state index in [9.17, 15) is 9.59 Å². The van der Waals surface area contributed by atoms with Crippen LogP contribution in [-0.4, -0.2) is 38.7 Å². The van der Waals surface area contributed by atoms with E-state index in [-0.39, 0.29) is 18.9 Å². The van der Waals surface area contributed by atoms with Crippen molar-refractivity contribution in [2.45, 2.75) is 6.42 Å². The van der Waals surface area contributed by atoms with Gasteiger partial charge in [0.2, 0.25) is 0 Å². The number of rotatable bonds is 7. The van der Waals surface area contributed by atoms with Gasteiger partial charge >= 0.3 is 5.97 Å². The van der Waals surface area contributed by atoms with Gasteiger partial charge in [-0.05, 0) is 11.6 Å². The van der Waals surface area contributed by atoms with Gasteiger partial charge in [0.15, 0.2) is 6.61 Å². The van der Waals surface area contributed by atoms with Crippen LogP contribution in [0.4, 0.5) is 5.69 Å². The lowest BCUT2D eigenvalue weighted by molar-refractivity contribution is -0.147. The third-order valence-electron chi connectivity index (χ3n) is 2.38. The van der Waals surface area contributed by atoms with Crippen molar-refractivity contribution < 1.29 is 19.1 Å². The van der Waals surface area contributed by atoms with Gasteiger partial charge in [0, 0.05) is 19.3 Å². The Balaban J connectivity index is 2.28. The molecule has 0 bridgehead atoms. The summed E-state index contributed by atoms with van der Waals surface area (Å²) in [4.78, 5) is 22.8. The number of nitrogens with one attached hydrogen (secondary N) is 1. The number of methoxy groups -OCH3 is 1. The van der Waals surface area contributed by atoms with Gasteiger partial charge < -0.3 is 20.5 Å². The van der Waals surface area contributed by atoms with Crippen LogP contribution in [0.2, 0.25) is 0 Å². The Morgan fingerprint density at radius 3 is 2.74 bits per heavy atom. The highest BCUT2D eigenvalue weighted by molar-refractivity contribution is 5.81. The Labute approximate surface area is 111 Å². The number of benzene rings is 1. The maximum Gasteiger partial charge on any atom is 0.310 e. The average molecular weight is 266 g/mol. The number of para-hydroxylation sites is 1. The first-order chi connectivity index (χ1) is 9.13. The summed E-state index contributed by atoms with van der Waals surface area (Å²) in [5.41, 5.74) is 6.92. The number of amides is 1. The van der Waals surface area contributed by atoms with Crippen LogP contribution in [0.3, 0.4) is 0 Å². The number of nitrogens with two attached hydrogens (primary N) is 1. The zero-order valence-corrected chi connectivity index (χ0v) is 10.8. The molecule has 0 fully saturated rings. The molecule has 0 atom stereocenters. The molecule has 0 saturated heterocycles. The highest BCUT2D eigenvalue weighted by atomic mass is 16.5. The van der Waals surface area contributed by atoms with Crippen molar-refractivity contribution in [3.63, 3.8) is 0 Å². The third-order valence-corrected chi connectivity index (χ3v) is 2.38. The number of hydrogen-bond donors (Lipinski definition) is 2. The molecule has 0 spiro atoms. The minimum atomic E-state index is -0.486. The number of ether oxygens (including phenoxy) is 2. The van der Waals surface area contributed by atoms with Crippen LogP contribution in [0, 0.1) is 0 Å². The molecule has 0 unspecified atom stereocenters. The molecule has 1 rings (SSSR count). The lowest BCUT2D eigenvalue weighted by atomic mass is 10.1. The fraction of sp³-hybridized carbons (Fsp3) is 0.385. The molecule has 19 heavy (non-hydrogen) atoms. The number of hydrogen-bond acceptors (Lipinski definition) is 5. The second kappa shape index (κ2) is 8.10. The van der Waals surface area contributed by atoms with Gasteiger partial charge in [-0.15, -0.1) is 0 Å². The maximum absolute atomic E-state index is 11.5. The summed E-state index contributed by atoms with van der Waals surface area (Å²) in [7, 11) is 1.54. The summed E-state index contributed by atoms with van der Waals surface area (Å²) in [6.45, 7) is 0.508. The molecule has 0 aliphatic rings. The van der Waals surface area contributed by atoms with Gasteiger partial charge in [-0.1, -0.05) is 18.2 Å². The van der Waals surface area contributed by atoms with E-state index in [0.717, 1.165) is 0 Å². The Bertz CT molecular complexity index is 434. The monoisotopic (exact) mass is 266 g/mol. The van der Waals surface area contributed by atoms with E-state index in [1.807, 2.05) is 0 Å². The normalized spacial score (nSPS) is 9.95. The van der Waals surface area contributed by atoms with E-state index in [4.69, 9.17) is 15.2 Å². The molecule has 1 aromatic rings. The summed E-state index contributed by atoms with van der Waals surface area (Å²) < 4.78 is 9.62. The Kier molecular flexibility index (Phi) is 6.38. The number of carbonyl (C=O) groups excluding carboxylic acids is 2. The van der Waals surface area contributed by atoms with Gasteiger partial charge in [0.05, 0.1) is 13.0 Å². The van der Waals surface area contributed by atoms with E-state index in [1.165, 1.54) is 7.11 Å². The van der Waals surface area contributed by atoms with Crippen LogP contribution >= 0.6 is 0 Å². The zero-order chi connectivity index (χ0) is 14.1. The van der Waals surface area contributed by atoms with Crippen molar-refractivity contribution in [1.29, 1.82) is 0 Å². The second-order valence-corrected chi connectivity index (χ2v) is 3.88. The van der Waals surface area contributed by atoms with E-state index in [0.29, 0.717) is 24.4 Å². The van der Waals surface area contributed by atoms with Gasteiger partial charge in [0.25, 0.3) is 5.91 Å². The average Bonchev–Trinajstić information content (AvgIpc) is 2.39. The smallest absolute Gasteiger partial charge is 0.310 e. The lowest BCUT2D eigenvalue weighted by Gasteiger charge is -2.07. The molecule has 0 aromatic heterocycles. The van der Waals surface area contributed by atoms with Crippen LogP contribution in [0.25, 0.3) is 0 Å². The largest absolute Gasteiger partial charge is 0.455 e. The summed E-state index contributed by atoms with van der Waals surface area (Å²) >= 11 is 0. The van der Waals surface area contributed by atoms with Crippen molar-refractivity contribution in [1.82, 2.24) is 5.32 Å². The summed E-state index contributed by atoms with van der Waals surface area (Å²) in [5.74, 6) is -0.841. The molecular weight excluding hydrogens is 248 g/mol. The summed E-state index contributed by atoms with van der Waals surface area (Å²) in [6.07, 6.45) is 0.0536. The van der Waals surface area contributed by atoms with E-state index in [2.05, 4.69) is 5.32 Å². The molecule has 3 N–H and O–H groups in total. The molecule has 0 radical (unpaired) electrons. The molecule has 0 aliphatic heterocycles. The molecule has 0 aliphatic carbocycles. The van der Waals surface area contributed by atoms with Crippen molar-refractivity contribution >= 4 is 17.6 Å². The quantitative estimate of drug-likeness (QED) is 0.415. The lowest BCUT2D eigenvalue weighted by Crippen LogP contribution is -2.31. The van der Waals surface area contributed by atoms with Crippen molar-refractivity contribution in [2.75, 3.05) is 32.6 Å². The van der Waals surface area contributed by atoms with Gasteiger partial charge in [-0.25, -0.2) is 0 Å². The molecule has 1 amide bonds. The topological polar surface area (TPSA) is 90.6 Å². The summed E-state index contributed by atoms with van der Waals surface area (Å²) in [6, 6.07) is 7.03. The molecule has 6 nitrogen and oxygen atoms in total. The minimum Gasteiger partial charge on any atom is -0.455 e. The van der Waals surface area contributed by atoms with Gasteiger partial charge in [-0.2, -0.15) is 0 Å². The fourth-order valence-electron chi connectivity index (χ4n) is 1.39. The van der Waals surface area contributed by atoms with Crippen molar-refractivity contribution in [3.05, 3.63) is 29.8 Å². The number of esters is 1. The SMILES string of the molecule is COCCNC(=O)COC(=O)Cc1ccccc1N. The first kappa shape index (κ1) is 15.0. The number of anilines is 1. The second-order valence-electron chi connectivity index (χ2n) is 3.88. The molecule has 104 valence electrons. The Hall–Kier alpha value is -2.08. The predicted octanol–water partition coefficient (Wildman–Crippen LogP) is 0.117. The first-order valence-corrected chi connectivity index (χ1v) is 5.88. The zero-order valence-electron chi connectivity index (χ0n) is 10.8. The van der Waals surface area contributed by atoms with E-state index in [1.54, 1.807) is 24.3 Å². The highest BCUT2D eigenvalue weighted by Gasteiger charge is 2.09. The van der Waals surface area contributed by atoms with Gasteiger partial charge in [0.1, 0.15) is 0 Å². The van der Waals surface area contributed by atoms with Crippen LogP contribution < -0.4 is 11.1 Å². The molecule has 1 aromatic carbocycles. The molecule has 6 heteroatoms. The van der Waals surface area contributed by atoms with Gasteiger partial charge in [-0.3, -0.25) is 9.59 Å². The Morgan fingerprint density at radius 2 is 2.05 bits per heavy atom. The van der Waals surface area contributed by atoms with Crippen molar-refractivity contribution in [2.24, 2.45) is 0 Å². The Morgan fingerprint density at radius 1 is 1.32 bits per heavy atom. The summed E-state index contributed by atoms with van der Waals surface area (Å²) in [5, 5.41) is 2.55. The minimum absolute atomic E-state index is 0.0536.